The van der Waals surface area contributed by atoms with E-state index >= 15 is 0 Å². The quantitative estimate of drug-likeness (QED) is 0.693. The van der Waals surface area contributed by atoms with Crippen molar-refractivity contribution in [2.75, 3.05) is 13.7 Å². The zero-order valence-corrected chi connectivity index (χ0v) is 10.3. The summed E-state index contributed by atoms with van der Waals surface area (Å²) in [6.45, 7) is 4.25. The van der Waals surface area contributed by atoms with Crippen LogP contribution in [0.1, 0.15) is 32.0 Å². The lowest BCUT2D eigenvalue weighted by molar-refractivity contribution is -0.117. The van der Waals surface area contributed by atoms with Crippen LogP contribution in [-0.4, -0.2) is 29.7 Å². The summed E-state index contributed by atoms with van der Waals surface area (Å²) in [5.41, 5.74) is 4.44. The molecular formula is C10H18N4O3. The molecule has 1 unspecified atom stereocenters. The van der Waals surface area contributed by atoms with E-state index in [0.29, 0.717) is 18.3 Å². The molecule has 1 amide bonds. The van der Waals surface area contributed by atoms with Gasteiger partial charge in [0.15, 0.2) is 0 Å². The van der Waals surface area contributed by atoms with Gasteiger partial charge in [-0.05, 0) is 13.3 Å². The highest BCUT2D eigenvalue weighted by molar-refractivity contribution is 5.75. The molecule has 3 N–H and O–H groups in total. The van der Waals surface area contributed by atoms with E-state index in [-0.39, 0.29) is 6.54 Å². The molecule has 1 rings (SSSR count). The molecule has 0 saturated carbocycles. The zero-order valence-electron chi connectivity index (χ0n) is 10.3. The van der Waals surface area contributed by atoms with Gasteiger partial charge in [-0.15, -0.1) is 0 Å². The highest BCUT2D eigenvalue weighted by Crippen LogP contribution is 2.25. The standard InChI is InChI=1S/C10H18N4O3/c1-4-10(2,16-3)9-13-8(17-14-9)6-12-5-7(11)15/h12H,4-6H2,1-3H3,(H2,11,15). The van der Waals surface area contributed by atoms with E-state index in [2.05, 4.69) is 15.5 Å². The first-order valence-corrected chi connectivity index (χ1v) is 5.39. The van der Waals surface area contributed by atoms with Gasteiger partial charge in [0.25, 0.3) is 0 Å². The lowest BCUT2D eigenvalue weighted by Crippen LogP contribution is -2.28. The molecule has 7 nitrogen and oxygen atoms in total. The summed E-state index contributed by atoms with van der Waals surface area (Å²) < 4.78 is 10.4. The summed E-state index contributed by atoms with van der Waals surface area (Å²) in [5, 5.41) is 6.65. The largest absolute Gasteiger partial charge is 0.370 e. The predicted octanol–water partition coefficient (Wildman–Crippen LogP) is -0.0839. The Balaban J connectivity index is 2.61. The molecule has 96 valence electrons. The van der Waals surface area contributed by atoms with Crippen LogP contribution < -0.4 is 11.1 Å². The van der Waals surface area contributed by atoms with E-state index in [1.165, 1.54) is 0 Å². The first kappa shape index (κ1) is 13.6. The lowest BCUT2D eigenvalue weighted by Gasteiger charge is -2.21. The Labute approximate surface area is 99.7 Å². The number of hydrogen-bond donors (Lipinski definition) is 2. The molecule has 0 aliphatic carbocycles. The van der Waals surface area contributed by atoms with E-state index in [9.17, 15) is 4.79 Å². The van der Waals surface area contributed by atoms with Crippen molar-refractivity contribution in [1.82, 2.24) is 15.5 Å². The number of ether oxygens (including phenoxy) is 1. The number of primary amides is 1. The summed E-state index contributed by atoms with van der Waals surface area (Å²) in [5.74, 6) is 0.469. The van der Waals surface area contributed by atoms with Gasteiger partial charge < -0.3 is 15.0 Å². The number of rotatable bonds is 7. The number of hydrogen-bond acceptors (Lipinski definition) is 6. The lowest BCUT2D eigenvalue weighted by atomic mass is 10.0. The Hall–Kier alpha value is -1.47. The van der Waals surface area contributed by atoms with Gasteiger partial charge in [-0.3, -0.25) is 10.1 Å². The third-order valence-corrected chi connectivity index (χ3v) is 2.64. The molecule has 0 aliphatic rings. The highest BCUT2D eigenvalue weighted by atomic mass is 16.5. The van der Waals surface area contributed by atoms with Gasteiger partial charge in [0.1, 0.15) is 5.60 Å². The van der Waals surface area contributed by atoms with Gasteiger partial charge in [0.2, 0.25) is 17.6 Å². The van der Waals surface area contributed by atoms with Gasteiger partial charge >= 0.3 is 0 Å². The predicted molar refractivity (Wildman–Crippen MR) is 59.9 cm³/mol. The highest BCUT2D eigenvalue weighted by Gasteiger charge is 2.29. The van der Waals surface area contributed by atoms with Crippen molar-refractivity contribution in [3.63, 3.8) is 0 Å². The second-order valence-corrected chi connectivity index (χ2v) is 3.87. The van der Waals surface area contributed by atoms with E-state index in [1.54, 1.807) is 7.11 Å². The molecule has 7 heteroatoms. The molecule has 0 spiro atoms. The third-order valence-electron chi connectivity index (χ3n) is 2.64. The van der Waals surface area contributed by atoms with Crippen LogP contribution in [0, 0.1) is 0 Å². The van der Waals surface area contributed by atoms with Gasteiger partial charge in [-0.2, -0.15) is 4.98 Å². The molecule has 0 aromatic carbocycles. The molecule has 0 saturated heterocycles. The van der Waals surface area contributed by atoms with Crippen molar-refractivity contribution in [2.45, 2.75) is 32.4 Å². The molecule has 1 atom stereocenters. The average molecular weight is 242 g/mol. The molecule has 0 bridgehead atoms. The van der Waals surface area contributed by atoms with Crippen molar-refractivity contribution in [1.29, 1.82) is 0 Å². The minimum Gasteiger partial charge on any atom is -0.370 e. The fourth-order valence-corrected chi connectivity index (χ4v) is 1.23. The topological polar surface area (TPSA) is 103 Å². The monoisotopic (exact) mass is 242 g/mol. The van der Waals surface area contributed by atoms with E-state index in [4.69, 9.17) is 15.0 Å². The first-order valence-electron chi connectivity index (χ1n) is 5.39. The molecule has 0 aliphatic heterocycles. The van der Waals surface area contributed by atoms with E-state index in [1.807, 2.05) is 13.8 Å². The van der Waals surface area contributed by atoms with Crippen LogP contribution >= 0.6 is 0 Å². The van der Waals surface area contributed by atoms with Crippen LogP contribution in [0.4, 0.5) is 0 Å². The van der Waals surface area contributed by atoms with Crippen LogP contribution in [0.2, 0.25) is 0 Å². The fraction of sp³-hybridized carbons (Fsp3) is 0.700. The maximum atomic E-state index is 10.5. The van der Waals surface area contributed by atoms with Crippen molar-refractivity contribution in [2.24, 2.45) is 5.73 Å². The minimum absolute atomic E-state index is 0.0764. The van der Waals surface area contributed by atoms with Crippen LogP contribution in [0.25, 0.3) is 0 Å². The second kappa shape index (κ2) is 5.74. The van der Waals surface area contributed by atoms with Crippen LogP contribution in [-0.2, 0) is 21.7 Å². The third kappa shape index (κ3) is 3.50. The van der Waals surface area contributed by atoms with Gasteiger partial charge in [-0.1, -0.05) is 12.1 Å². The number of nitrogens with zero attached hydrogens (tertiary/aromatic N) is 2. The van der Waals surface area contributed by atoms with E-state index in [0.717, 1.165) is 6.42 Å². The molecule has 1 aromatic rings. The fourth-order valence-electron chi connectivity index (χ4n) is 1.23. The second-order valence-electron chi connectivity index (χ2n) is 3.87. The summed E-state index contributed by atoms with van der Waals surface area (Å²) in [4.78, 5) is 14.7. The number of nitrogens with two attached hydrogens (primary N) is 1. The van der Waals surface area contributed by atoms with Crippen molar-refractivity contribution >= 4 is 5.91 Å². The molecule has 17 heavy (non-hydrogen) atoms. The molecular weight excluding hydrogens is 224 g/mol. The summed E-state index contributed by atoms with van der Waals surface area (Å²) in [6, 6.07) is 0. The van der Waals surface area contributed by atoms with Gasteiger partial charge in [-0.25, -0.2) is 0 Å². The van der Waals surface area contributed by atoms with Gasteiger partial charge in [0.05, 0.1) is 13.1 Å². The van der Waals surface area contributed by atoms with Crippen LogP contribution in [0.5, 0.6) is 0 Å². The summed E-state index contributed by atoms with van der Waals surface area (Å²) in [6.07, 6.45) is 0.733. The van der Waals surface area contributed by atoms with E-state index < -0.39 is 11.5 Å². The number of aromatic nitrogens is 2. The number of methoxy groups -OCH3 is 1. The summed E-state index contributed by atoms with van der Waals surface area (Å²) >= 11 is 0. The molecule has 0 fully saturated rings. The number of carbonyl (C=O) groups excluding carboxylic acids is 1. The Kier molecular flexibility index (Phi) is 4.59. The maximum Gasteiger partial charge on any atom is 0.240 e. The Bertz CT molecular complexity index is 373. The maximum absolute atomic E-state index is 10.5. The van der Waals surface area contributed by atoms with Crippen LogP contribution in [0.3, 0.4) is 0 Å². The normalized spacial score (nSPS) is 14.5. The SMILES string of the molecule is CCC(C)(OC)c1noc(CNCC(N)=O)n1. The van der Waals surface area contributed by atoms with Gasteiger partial charge in [0, 0.05) is 7.11 Å². The molecule has 0 radical (unpaired) electrons. The Morgan fingerprint density at radius 3 is 2.88 bits per heavy atom. The Morgan fingerprint density at radius 1 is 1.65 bits per heavy atom. The van der Waals surface area contributed by atoms with Crippen molar-refractivity contribution in [3.05, 3.63) is 11.7 Å². The number of nitrogens with one attached hydrogen (secondary N) is 1. The Morgan fingerprint density at radius 2 is 2.35 bits per heavy atom. The first-order chi connectivity index (χ1) is 8.01. The number of carbonyl (C=O) groups is 1. The minimum atomic E-state index is -0.550. The molecule has 1 heterocycles. The number of amides is 1. The average Bonchev–Trinajstić information content (AvgIpc) is 2.77. The smallest absolute Gasteiger partial charge is 0.240 e. The summed E-state index contributed by atoms with van der Waals surface area (Å²) in [7, 11) is 1.60. The van der Waals surface area contributed by atoms with Crippen molar-refractivity contribution in [3.8, 4) is 0 Å². The van der Waals surface area contributed by atoms with Crippen LogP contribution in [0.15, 0.2) is 4.52 Å². The van der Waals surface area contributed by atoms with Crippen molar-refractivity contribution < 1.29 is 14.1 Å². The molecule has 1 aromatic heterocycles. The zero-order chi connectivity index (χ0) is 12.9.